The molecule has 0 radical (unpaired) electrons. The minimum absolute atomic E-state index is 0.567. The number of aromatic nitrogens is 1. The molecule has 1 N–H and O–H groups in total. The summed E-state index contributed by atoms with van der Waals surface area (Å²) in [6.07, 6.45) is 3.01. The summed E-state index contributed by atoms with van der Waals surface area (Å²) in [5.74, 6) is 0. The molecule has 0 amide bonds. The number of likely N-dealkylation sites (N-methyl/N-ethyl adjacent to an activating group) is 1. The lowest BCUT2D eigenvalue weighted by Gasteiger charge is -2.53. The summed E-state index contributed by atoms with van der Waals surface area (Å²) >= 11 is 3.63. The highest BCUT2D eigenvalue weighted by Crippen LogP contribution is 2.41. The molecule has 5 rings (SSSR count). The predicted octanol–water partition coefficient (Wildman–Crippen LogP) is 2.81. The Morgan fingerprint density at radius 2 is 2.09 bits per heavy atom. The number of nitrogens with one attached hydrogen (secondary N) is 1. The van der Waals surface area contributed by atoms with Crippen molar-refractivity contribution in [3.05, 3.63) is 33.9 Å². The van der Waals surface area contributed by atoms with Crippen molar-refractivity contribution in [2.24, 2.45) is 0 Å². The summed E-state index contributed by atoms with van der Waals surface area (Å²) in [4.78, 5) is 11.7. The Morgan fingerprint density at radius 3 is 3.00 bits per heavy atom. The van der Waals surface area contributed by atoms with Crippen LogP contribution in [0.5, 0.6) is 0 Å². The molecule has 3 aliphatic rings. The number of nitrogens with zero attached hydrogens (tertiary/aromatic N) is 3. The number of aromatic amines is 1. The van der Waals surface area contributed by atoms with Gasteiger partial charge in [-0.15, -0.1) is 0 Å². The van der Waals surface area contributed by atoms with Crippen molar-refractivity contribution in [3.8, 4) is 0 Å². The normalized spacial score (nSPS) is 29.3. The Bertz CT molecular complexity index is 755. The van der Waals surface area contributed by atoms with Crippen molar-refractivity contribution in [2.45, 2.75) is 25.0 Å². The second-order valence-electron chi connectivity index (χ2n) is 7.28. The number of fused-ring (bicyclic) bond motifs is 7. The average molecular weight is 375 g/mol. The van der Waals surface area contributed by atoms with E-state index in [1.807, 2.05) is 0 Å². The minimum Gasteiger partial charge on any atom is -0.357 e. The highest BCUT2D eigenvalue weighted by molar-refractivity contribution is 9.10. The van der Waals surface area contributed by atoms with Crippen LogP contribution in [-0.4, -0.2) is 65.6 Å². The highest BCUT2D eigenvalue weighted by Gasteiger charge is 2.42. The second kappa shape index (κ2) is 5.31. The van der Waals surface area contributed by atoms with Gasteiger partial charge in [0.1, 0.15) is 0 Å². The van der Waals surface area contributed by atoms with Gasteiger partial charge in [-0.25, -0.2) is 0 Å². The zero-order valence-electron chi connectivity index (χ0n) is 13.6. The Balaban J connectivity index is 1.56. The molecule has 2 saturated heterocycles. The topological polar surface area (TPSA) is 25.5 Å². The van der Waals surface area contributed by atoms with Gasteiger partial charge in [0.05, 0.1) is 12.2 Å². The molecule has 1 aromatic carbocycles. The third kappa shape index (κ3) is 2.21. The molecule has 4 nitrogen and oxygen atoms in total. The fourth-order valence-electron chi connectivity index (χ4n) is 4.82. The van der Waals surface area contributed by atoms with E-state index in [1.165, 1.54) is 60.2 Å². The largest absolute Gasteiger partial charge is 0.357 e. The van der Waals surface area contributed by atoms with Crippen LogP contribution in [0.15, 0.2) is 22.7 Å². The number of hydrogen-bond acceptors (Lipinski definition) is 3. The van der Waals surface area contributed by atoms with Crippen LogP contribution >= 0.6 is 15.9 Å². The van der Waals surface area contributed by atoms with E-state index in [-0.39, 0.29) is 0 Å². The molecule has 0 bridgehead atoms. The fourth-order valence-corrected chi connectivity index (χ4v) is 5.18. The lowest BCUT2D eigenvalue weighted by atomic mass is 9.92. The van der Waals surface area contributed by atoms with E-state index < -0.39 is 0 Å². The van der Waals surface area contributed by atoms with Crippen molar-refractivity contribution in [1.82, 2.24) is 19.7 Å². The zero-order chi connectivity index (χ0) is 15.6. The van der Waals surface area contributed by atoms with Crippen molar-refractivity contribution in [3.63, 3.8) is 0 Å². The van der Waals surface area contributed by atoms with Gasteiger partial charge in [0.2, 0.25) is 0 Å². The van der Waals surface area contributed by atoms with Crippen LogP contribution in [0.4, 0.5) is 0 Å². The van der Waals surface area contributed by atoms with Crippen LogP contribution in [0.25, 0.3) is 10.9 Å². The van der Waals surface area contributed by atoms with Crippen LogP contribution in [-0.2, 0) is 6.42 Å². The third-order valence-electron chi connectivity index (χ3n) is 5.99. The van der Waals surface area contributed by atoms with E-state index in [2.05, 4.69) is 60.9 Å². The molecule has 0 aliphatic carbocycles. The van der Waals surface area contributed by atoms with E-state index >= 15 is 0 Å². The van der Waals surface area contributed by atoms with Gasteiger partial charge in [-0.1, -0.05) is 15.9 Å². The average Bonchev–Trinajstić information content (AvgIpc) is 2.92. The first-order chi connectivity index (χ1) is 11.2. The highest BCUT2D eigenvalue weighted by atomic mass is 79.9. The molecule has 23 heavy (non-hydrogen) atoms. The smallest absolute Gasteiger partial charge is 0.0759 e. The van der Waals surface area contributed by atoms with Gasteiger partial charge >= 0.3 is 0 Å². The molecule has 2 aromatic rings. The number of hydrogen-bond donors (Lipinski definition) is 1. The van der Waals surface area contributed by atoms with E-state index in [9.17, 15) is 0 Å². The standard InChI is InChI=1S/C18H23BrN4/c1-21-8-9-22-6-5-16-18-13(4-7-23(16)17(22)11-21)14-10-12(19)2-3-15(14)20-18/h2-3,10,16-17,20H,4-9,11H2,1H3/t16-,17-/m1/s1. The molecule has 122 valence electrons. The molecule has 4 heterocycles. The van der Waals surface area contributed by atoms with Crippen molar-refractivity contribution in [2.75, 3.05) is 39.8 Å². The number of rotatable bonds is 0. The number of benzene rings is 1. The lowest BCUT2D eigenvalue weighted by molar-refractivity contribution is -0.0772. The van der Waals surface area contributed by atoms with E-state index in [0.29, 0.717) is 12.2 Å². The SMILES string of the molecule is CN1CCN2CC[C@@H]3c4[nH]c5ccc(Br)cc5c4CCN3[C@@H]2C1. The molecule has 0 saturated carbocycles. The van der Waals surface area contributed by atoms with Crippen molar-refractivity contribution in [1.29, 1.82) is 0 Å². The first-order valence-corrected chi connectivity index (χ1v) is 9.48. The number of piperazine rings is 1. The quantitative estimate of drug-likeness (QED) is 0.767. The number of halogens is 1. The molecule has 0 spiro atoms. The van der Waals surface area contributed by atoms with Crippen LogP contribution in [0.3, 0.4) is 0 Å². The van der Waals surface area contributed by atoms with Gasteiger partial charge in [0.25, 0.3) is 0 Å². The molecule has 2 fully saturated rings. The Labute approximate surface area is 145 Å². The summed E-state index contributed by atoms with van der Waals surface area (Å²) in [7, 11) is 2.26. The molecule has 3 aliphatic heterocycles. The van der Waals surface area contributed by atoms with Crippen LogP contribution < -0.4 is 0 Å². The summed E-state index contributed by atoms with van der Waals surface area (Å²) in [6.45, 7) is 6.03. The Kier molecular flexibility index (Phi) is 3.34. The maximum Gasteiger partial charge on any atom is 0.0759 e. The van der Waals surface area contributed by atoms with Crippen molar-refractivity contribution < 1.29 is 0 Å². The van der Waals surface area contributed by atoms with E-state index in [1.54, 1.807) is 5.56 Å². The van der Waals surface area contributed by atoms with Gasteiger partial charge in [0.15, 0.2) is 0 Å². The zero-order valence-corrected chi connectivity index (χ0v) is 15.1. The van der Waals surface area contributed by atoms with Crippen LogP contribution in [0.2, 0.25) is 0 Å². The minimum atomic E-state index is 0.567. The second-order valence-corrected chi connectivity index (χ2v) is 8.19. The van der Waals surface area contributed by atoms with Crippen molar-refractivity contribution >= 4 is 26.8 Å². The number of H-pyrrole nitrogens is 1. The molecular formula is C18H23BrN4. The fraction of sp³-hybridized carbons (Fsp3) is 0.556. The van der Waals surface area contributed by atoms with Crippen LogP contribution in [0, 0.1) is 0 Å². The molecule has 0 unspecified atom stereocenters. The molecular weight excluding hydrogens is 352 g/mol. The summed E-state index contributed by atoms with van der Waals surface area (Å²) in [5.41, 5.74) is 4.33. The summed E-state index contributed by atoms with van der Waals surface area (Å²) in [5, 5.41) is 1.41. The predicted molar refractivity (Wildman–Crippen MR) is 96.6 cm³/mol. The van der Waals surface area contributed by atoms with Gasteiger partial charge in [-0.05, 0) is 43.7 Å². The molecule has 1 aromatic heterocycles. The molecule has 5 heteroatoms. The van der Waals surface area contributed by atoms with Crippen LogP contribution in [0.1, 0.15) is 23.7 Å². The van der Waals surface area contributed by atoms with E-state index in [4.69, 9.17) is 0 Å². The third-order valence-corrected chi connectivity index (χ3v) is 6.49. The van der Waals surface area contributed by atoms with E-state index in [0.717, 1.165) is 6.42 Å². The van der Waals surface area contributed by atoms with Gasteiger partial charge in [0, 0.05) is 53.8 Å². The summed E-state index contributed by atoms with van der Waals surface area (Å²) in [6, 6.07) is 7.20. The Hall–Kier alpha value is -0.880. The first kappa shape index (κ1) is 14.5. The lowest BCUT2D eigenvalue weighted by Crippen LogP contribution is -2.64. The maximum absolute atomic E-state index is 3.75. The Morgan fingerprint density at radius 1 is 1.17 bits per heavy atom. The molecule has 2 atom stereocenters. The van der Waals surface area contributed by atoms with Gasteiger partial charge < -0.3 is 9.88 Å². The van der Waals surface area contributed by atoms with Gasteiger partial charge in [-0.2, -0.15) is 0 Å². The monoisotopic (exact) mass is 374 g/mol. The summed E-state index contributed by atoms with van der Waals surface area (Å²) < 4.78 is 1.18. The van der Waals surface area contributed by atoms with Gasteiger partial charge in [-0.3, -0.25) is 9.80 Å². The maximum atomic E-state index is 3.75. The first-order valence-electron chi connectivity index (χ1n) is 8.69.